The van der Waals surface area contributed by atoms with Gasteiger partial charge in [-0.1, -0.05) is 192 Å². The van der Waals surface area contributed by atoms with Gasteiger partial charge in [0.15, 0.2) is 6.10 Å². The average Bonchev–Trinajstić information content (AvgIpc) is 3.18. The van der Waals surface area contributed by atoms with Crippen LogP contribution in [0.25, 0.3) is 0 Å². The van der Waals surface area contributed by atoms with Crippen molar-refractivity contribution < 1.29 is 28.6 Å². The molecule has 0 aliphatic heterocycles. The van der Waals surface area contributed by atoms with Crippen LogP contribution in [0.1, 0.15) is 239 Å². The smallest absolute Gasteiger partial charge is 0.306 e. The highest BCUT2D eigenvalue weighted by atomic mass is 16.6. The van der Waals surface area contributed by atoms with Crippen molar-refractivity contribution in [3.8, 4) is 0 Å². The van der Waals surface area contributed by atoms with Gasteiger partial charge in [-0.05, 0) is 64.2 Å². The van der Waals surface area contributed by atoms with Gasteiger partial charge >= 0.3 is 17.9 Å². The molecule has 55 heavy (non-hydrogen) atoms. The standard InChI is InChI=1S/C49H88O6/c1-4-7-10-13-16-19-22-23-24-25-26-28-30-33-36-39-42-48(51)54-45-46(44-53-47(50)41-38-35-32-29-21-18-15-12-9-6-3)55-49(52)43-40-37-34-31-27-20-17-14-11-8-5-2/h14,17,20,24-25,27,46H,4-13,15-16,18-19,21-23,26,28-45H2,1-3H3/b17-14-,25-24-,27-20-. The maximum atomic E-state index is 12.7. The van der Waals surface area contributed by atoms with Crippen molar-refractivity contribution in [1.29, 1.82) is 0 Å². The summed E-state index contributed by atoms with van der Waals surface area (Å²) in [6.07, 6.45) is 49.8. The second kappa shape index (κ2) is 44.3. The van der Waals surface area contributed by atoms with Gasteiger partial charge in [0.2, 0.25) is 0 Å². The second-order valence-electron chi connectivity index (χ2n) is 15.7. The van der Waals surface area contributed by atoms with Crippen LogP contribution in [0.2, 0.25) is 0 Å². The number of hydrogen-bond donors (Lipinski definition) is 0. The van der Waals surface area contributed by atoms with Crippen LogP contribution >= 0.6 is 0 Å². The first-order valence-corrected chi connectivity index (χ1v) is 23.5. The molecule has 0 aromatic carbocycles. The van der Waals surface area contributed by atoms with Crippen molar-refractivity contribution in [2.75, 3.05) is 13.2 Å². The molecule has 6 nitrogen and oxygen atoms in total. The molecule has 0 amide bonds. The number of carbonyl (C=O) groups is 3. The molecule has 0 aromatic rings. The van der Waals surface area contributed by atoms with Crippen LogP contribution in [0.15, 0.2) is 36.5 Å². The van der Waals surface area contributed by atoms with Crippen molar-refractivity contribution in [3.05, 3.63) is 36.5 Å². The van der Waals surface area contributed by atoms with Crippen molar-refractivity contribution in [2.24, 2.45) is 0 Å². The molecule has 320 valence electrons. The molecule has 0 fully saturated rings. The van der Waals surface area contributed by atoms with Crippen LogP contribution in [-0.2, 0) is 28.6 Å². The van der Waals surface area contributed by atoms with Crippen LogP contribution in [-0.4, -0.2) is 37.2 Å². The Kier molecular flexibility index (Phi) is 42.4. The second-order valence-corrected chi connectivity index (χ2v) is 15.7. The molecule has 0 spiro atoms. The van der Waals surface area contributed by atoms with Crippen molar-refractivity contribution in [1.82, 2.24) is 0 Å². The highest BCUT2D eigenvalue weighted by Crippen LogP contribution is 2.14. The first-order chi connectivity index (χ1) is 27.0. The van der Waals surface area contributed by atoms with Gasteiger partial charge in [0, 0.05) is 19.3 Å². The third-order valence-corrected chi connectivity index (χ3v) is 10.1. The van der Waals surface area contributed by atoms with Crippen LogP contribution in [0.5, 0.6) is 0 Å². The molecular formula is C49H88O6. The molecule has 0 rings (SSSR count). The maximum absolute atomic E-state index is 12.7. The van der Waals surface area contributed by atoms with E-state index in [0.29, 0.717) is 19.3 Å². The van der Waals surface area contributed by atoms with Gasteiger partial charge in [0.25, 0.3) is 0 Å². The van der Waals surface area contributed by atoms with E-state index in [0.717, 1.165) is 77.0 Å². The molecule has 0 radical (unpaired) electrons. The Balaban J connectivity index is 4.36. The predicted octanol–water partition coefficient (Wildman–Crippen LogP) is 15.0. The fraction of sp³-hybridized carbons (Fsp3) is 0.816. The minimum Gasteiger partial charge on any atom is -0.462 e. The summed E-state index contributed by atoms with van der Waals surface area (Å²) in [6.45, 7) is 6.54. The molecule has 0 aliphatic carbocycles. The van der Waals surface area contributed by atoms with Crippen LogP contribution in [0.3, 0.4) is 0 Å². The molecule has 0 saturated carbocycles. The third kappa shape index (κ3) is 42.6. The van der Waals surface area contributed by atoms with E-state index in [4.69, 9.17) is 14.2 Å². The summed E-state index contributed by atoms with van der Waals surface area (Å²) in [5.41, 5.74) is 0. The maximum Gasteiger partial charge on any atom is 0.306 e. The Morgan fingerprint density at radius 3 is 1.09 bits per heavy atom. The largest absolute Gasteiger partial charge is 0.462 e. The summed E-state index contributed by atoms with van der Waals surface area (Å²) in [7, 11) is 0. The summed E-state index contributed by atoms with van der Waals surface area (Å²) >= 11 is 0. The molecule has 1 unspecified atom stereocenters. The lowest BCUT2D eigenvalue weighted by Crippen LogP contribution is -2.30. The van der Waals surface area contributed by atoms with Gasteiger partial charge in [-0.25, -0.2) is 0 Å². The fourth-order valence-corrected chi connectivity index (χ4v) is 6.53. The van der Waals surface area contributed by atoms with Crippen molar-refractivity contribution in [2.45, 2.75) is 245 Å². The van der Waals surface area contributed by atoms with Gasteiger partial charge in [-0.15, -0.1) is 0 Å². The van der Waals surface area contributed by atoms with Crippen LogP contribution in [0.4, 0.5) is 0 Å². The van der Waals surface area contributed by atoms with Crippen molar-refractivity contribution >= 4 is 17.9 Å². The molecular weight excluding hydrogens is 685 g/mol. The number of carbonyl (C=O) groups excluding carboxylic acids is 3. The van der Waals surface area contributed by atoms with E-state index < -0.39 is 6.10 Å². The normalized spacial score (nSPS) is 12.3. The summed E-state index contributed by atoms with van der Waals surface area (Å²) in [4.78, 5) is 37.7. The first kappa shape index (κ1) is 52.6. The highest BCUT2D eigenvalue weighted by molar-refractivity contribution is 5.71. The SMILES string of the molecule is CCCC/C=C\C=C/CCCCCC(=O)OC(COC(=O)CCCCCCC/C=C\CCCCCCCCC)COC(=O)CCCCCCCCCCCC. The third-order valence-electron chi connectivity index (χ3n) is 10.1. The molecule has 0 saturated heterocycles. The zero-order valence-corrected chi connectivity index (χ0v) is 36.4. The molecule has 1 atom stereocenters. The number of rotatable bonds is 42. The number of allylic oxidation sites excluding steroid dienone is 6. The molecule has 6 heteroatoms. The van der Waals surface area contributed by atoms with E-state index in [1.165, 1.54) is 122 Å². The minimum absolute atomic E-state index is 0.0837. The van der Waals surface area contributed by atoms with Crippen LogP contribution < -0.4 is 0 Å². The lowest BCUT2D eigenvalue weighted by Gasteiger charge is -2.18. The molecule has 0 bridgehead atoms. The molecule has 0 heterocycles. The topological polar surface area (TPSA) is 78.9 Å². The van der Waals surface area contributed by atoms with E-state index in [-0.39, 0.29) is 31.1 Å². The lowest BCUT2D eigenvalue weighted by atomic mass is 10.1. The summed E-state index contributed by atoms with van der Waals surface area (Å²) in [6, 6.07) is 0. The number of esters is 3. The van der Waals surface area contributed by atoms with E-state index in [1.807, 2.05) is 0 Å². The summed E-state index contributed by atoms with van der Waals surface area (Å²) in [5.74, 6) is -0.919. The molecule has 0 N–H and O–H groups in total. The zero-order chi connectivity index (χ0) is 40.1. The van der Waals surface area contributed by atoms with E-state index in [1.54, 1.807) is 0 Å². The summed E-state index contributed by atoms with van der Waals surface area (Å²) < 4.78 is 16.7. The number of unbranched alkanes of at least 4 members (excludes halogenated alkanes) is 26. The van der Waals surface area contributed by atoms with Gasteiger partial charge in [-0.3, -0.25) is 14.4 Å². The Bertz CT molecular complexity index is 938. The van der Waals surface area contributed by atoms with E-state index in [2.05, 4.69) is 57.2 Å². The predicted molar refractivity (Wildman–Crippen MR) is 233 cm³/mol. The Labute approximate surface area is 340 Å². The first-order valence-electron chi connectivity index (χ1n) is 23.5. The Hall–Kier alpha value is -2.37. The van der Waals surface area contributed by atoms with Crippen molar-refractivity contribution in [3.63, 3.8) is 0 Å². The quantitative estimate of drug-likeness (QED) is 0.0202. The van der Waals surface area contributed by atoms with Crippen LogP contribution in [0, 0.1) is 0 Å². The average molecular weight is 773 g/mol. The number of ether oxygens (including phenoxy) is 3. The zero-order valence-electron chi connectivity index (χ0n) is 36.4. The van der Waals surface area contributed by atoms with E-state index in [9.17, 15) is 14.4 Å². The Morgan fingerprint density at radius 1 is 0.364 bits per heavy atom. The summed E-state index contributed by atoms with van der Waals surface area (Å²) in [5, 5.41) is 0. The van der Waals surface area contributed by atoms with Gasteiger partial charge < -0.3 is 14.2 Å². The van der Waals surface area contributed by atoms with Gasteiger partial charge in [-0.2, -0.15) is 0 Å². The minimum atomic E-state index is -0.783. The van der Waals surface area contributed by atoms with Gasteiger partial charge in [0.1, 0.15) is 13.2 Å². The fourth-order valence-electron chi connectivity index (χ4n) is 6.53. The van der Waals surface area contributed by atoms with E-state index >= 15 is 0 Å². The Morgan fingerprint density at radius 2 is 0.673 bits per heavy atom. The molecule has 0 aromatic heterocycles. The highest BCUT2D eigenvalue weighted by Gasteiger charge is 2.19. The van der Waals surface area contributed by atoms with Gasteiger partial charge in [0.05, 0.1) is 0 Å². The monoisotopic (exact) mass is 773 g/mol. The molecule has 0 aliphatic rings. The lowest BCUT2D eigenvalue weighted by molar-refractivity contribution is -0.167. The number of hydrogen-bond acceptors (Lipinski definition) is 6.